The van der Waals surface area contributed by atoms with Crippen LogP contribution in [-0.2, 0) is 0 Å². The molecule has 0 amide bonds. The maximum absolute atomic E-state index is 6.75. The highest BCUT2D eigenvalue weighted by Crippen LogP contribution is 1.30. The highest BCUT2D eigenvalue weighted by Gasteiger charge is 1.63. The summed E-state index contributed by atoms with van der Waals surface area (Å²) in [6.45, 7) is 1.92. The van der Waals surface area contributed by atoms with Gasteiger partial charge in [0.05, 0.1) is 0 Å². The van der Waals surface area contributed by atoms with E-state index in [9.17, 15) is 0 Å². The molecule has 0 spiro atoms. The van der Waals surface area contributed by atoms with Crippen molar-refractivity contribution in [2.24, 2.45) is 0 Å². The molecule has 0 aromatic rings. The van der Waals surface area contributed by atoms with Gasteiger partial charge in [-0.25, -0.2) is 0 Å². The minimum atomic E-state index is 0.958. The van der Waals surface area contributed by atoms with E-state index >= 15 is 0 Å². The summed E-state index contributed by atoms with van der Waals surface area (Å²) in [7, 11) is 0. The summed E-state index contributed by atoms with van der Waals surface area (Å²) in [5.41, 5.74) is 61.1. The normalized spacial score (nSPS) is 3.88. The van der Waals surface area contributed by atoms with Gasteiger partial charge in [-0.2, -0.15) is 0 Å². The first-order valence-corrected chi connectivity index (χ1v) is 3.10. The van der Waals surface area contributed by atoms with Gasteiger partial charge in [0, 0.05) is 0 Å². The molecule has 0 radical (unpaired) electrons. The molecule has 0 bridgehead atoms. The third kappa shape index (κ3) is 340. The van der Waals surface area contributed by atoms with E-state index in [0.717, 1.165) is 13.1 Å². The standard InChI is InChI=1S/C2H8N2.4N3/c3-1-2-4;4*1-3-2/h1-4H2;;;;/q;4*-1/p+2. The summed E-state index contributed by atoms with van der Waals surface area (Å²) in [4.78, 5) is 6.00. The van der Waals surface area contributed by atoms with Crippen LogP contribution in [0.5, 0.6) is 0 Å². The van der Waals surface area contributed by atoms with E-state index in [2.05, 4.69) is 11.5 Å². The van der Waals surface area contributed by atoms with Crippen molar-refractivity contribution >= 4 is 0 Å². The summed E-state index contributed by atoms with van der Waals surface area (Å²) in [6, 6.07) is 0. The molecule has 0 unspecified atom stereocenters. The van der Waals surface area contributed by atoms with Crippen molar-refractivity contribution in [2.45, 2.75) is 0 Å². The van der Waals surface area contributed by atoms with Crippen molar-refractivity contribution in [3.8, 4) is 0 Å². The zero-order valence-electron chi connectivity index (χ0n) is 8.19. The average molecular weight is 230 g/mol. The van der Waals surface area contributed by atoms with Gasteiger partial charge in [-0.05, 0) is 0 Å². The SMILES string of the molecule is [N-]=[N+]=[N-].[N-]=[N+]=[N-].[N-]=[N+]=[N-].[N-]=[N+]=[N-].[NH3+]CC[NH3+]. The molecule has 6 N–H and O–H groups in total. The number of hydrogen-bond donors (Lipinski definition) is 2. The van der Waals surface area contributed by atoms with E-state index in [4.69, 9.17) is 44.2 Å². The predicted octanol–water partition coefficient (Wildman–Crippen LogP) is 0.935. The van der Waals surface area contributed by atoms with Crippen LogP contribution in [0.25, 0.3) is 63.9 Å². The Kier molecular flexibility index (Phi) is 277. The summed E-state index contributed by atoms with van der Waals surface area (Å²) in [6.07, 6.45) is 0. The highest BCUT2D eigenvalue weighted by atomic mass is 15.0. The van der Waals surface area contributed by atoms with E-state index in [1.54, 1.807) is 0 Å². The fraction of sp³-hybridized carbons (Fsp3) is 1.00. The molecule has 0 rings (SSSR count). The van der Waals surface area contributed by atoms with Crippen molar-refractivity contribution < 1.29 is 11.5 Å². The van der Waals surface area contributed by atoms with Crippen LogP contribution in [0.4, 0.5) is 0 Å². The van der Waals surface area contributed by atoms with Crippen LogP contribution < -0.4 is 11.5 Å². The zero-order valence-corrected chi connectivity index (χ0v) is 8.19. The summed E-state index contributed by atoms with van der Waals surface area (Å²) in [5.74, 6) is 0. The quantitative estimate of drug-likeness (QED) is 0.360. The van der Waals surface area contributed by atoms with Gasteiger partial charge in [-0.1, -0.05) is 0 Å². The molecule has 0 saturated carbocycles. The number of hydrogen-bond acceptors (Lipinski definition) is 0. The third-order valence-electron chi connectivity index (χ3n) is 0.250. The topological polar surface area (TPSA) is 290 Å². The van der Waals surface area contributed by atoms with Crippen molar-refractivity contribution in [3.05, 3.63) is 63.9 Å². The molecule has 0 atom stereocenters. The highest BCUT2D eigenvalue weighted by molar-refractivity contribution is 4.37. The van der Waals surface area contributed by atoms with Crippen LogP contribution in [0.15, 0.2) is 0 Å². The summed E-state index contributed by atoms with van der Waals surface area (Å²) < 4.78 is 0. The molecule has 16 heavy (non-hydrogen) atoms. The Morgan fingerprint density at radius 2 is 0.562 bits per heavy atom. The Balaban J connectivity index is -0.0000000317. The second kappa shape index (κ2) is 152. The van der Waals surface area contributed by atoms with E-state index in [1.165, 1.54) is 19.6 Å². The molecular formula is C2H10N14-2. The number of nitrogens with zero attached hydrogens (tertiary/aromatic N) is 12. The second-order valence-corrected chi connectivity index (χ2v) is 1.06. The Morgan fingerprint density at radius 3 is 0.562 bits per heavy atom. The maximum atomic E-state index is 6.75. The molecule has 0 aliphatic carbocycles. The van der Waals surface area contributed by atoms with Crippen LogP contribution in [0.3, 0.4) is 0 Å². The van der Waals surface area contributed by atoms with E-state index < -0.39 is 0 Å². The lowest BCUT2D eigenvalue weighted by atomic mass is 10.7. The molecule has 14 nitrogen and oxygen atoms in total. The number of quaternary nitrogens is 2. The molecule has 0 saturated heterocycles. The van der Waals surface area contributed by atoms with E-state index in [-0.39, 0.29) is 0 Å². The largest absolute Gasteiger partial charge is 0.373 e. The summed E-state index contributed by atoms with van der Waals surface area (Å²) >= 11 is 0. The average Bonchev–Trinajstić information content (AvgIpc) is 2.22. The zero-order chi connectivity index (χ0) is 14.2. The molecule has 0 aliphatic rings. The van der Waals surface area contributed by atoms with Crippen molar-refractivity contribution in [1.29, 1.82) is 0 Å². The molecule has 0 aromatic carbocycles. The Labute approximate surface area is 89.5 Å². The van der Waals surface area contributed by atoms with Crippen LogP contribution in [-0.4, -0.2) is 13.1 Å². The van der Waals surface area contributed by atoms with Gasteiger partial charge in [0.2, 0.25) is 0 Å². The predicted molar refractivity (Wildman–Crippen MR) is 55.8 cm³/mol. The lowest BCUT2D eigenvalue weighted by Gasteiger charge is -1.65. The smallest absolute Gasteiger partial charge is 0.124 e. The molecule has 0 aliphatic heterocycles. The Bertz CT molecular complexity index is 163. The van der Waals surface area contributed by atoms with Gasteiger partial charge >= 0.3 is 0 Å². The van der Waals surface area contributed by atoms with Crippen molar-refractivity contribution in [2.75, 3.05) is 13.1 Å². The third-order valence-corrected chi connectivity index (χ3v) is 0.250. The van der Waals surface area contributed by atoms with Gasteiger partial charge in [0.15, 0.2) is 0 Å². The number of rotatable bonds is 1. The Hall–Kier alpha value is -2.84. The molecular weight excluding hydrogens is 220 g/mol. The van der Waals surface area contributed by atoms with Gasteiger partial charge < -0.3 is 55.7 Å². The second-order valence-electron chi connectivity index (χ2n) is 1.06. The van der Waals surface area contributed by atoms with E-state index in [0.29, 0.717) is 0 Å². The van der Waals surface area contributed by atoms with Crippen LogP contribution in [0.1, 0.15) is 0 Å². The van der Waals surface area contributed by atoms with E-state index in [1.807, 2.05) is 0 Å². The minimum absolute atomic E-state index is 0.958. The molecule has 0 fully saturated rings. The van der Waals surface area contributed by atoms with Crippen LogP contribution in [0.2, 0.25) is 0 Å². The maximum Gasteiger partial charge on any atom is 0.124 e. The lowest BCUT2D eigenvalue weighted by molar-refractivity contribution is -0.453. The monoisotopic (exact) mass is 230 g/mol. The van der Waals surface area contributed by atoms with Crippen molar-refractivity contribution in [1.82, 2.24) is 0 Å². The van der Waals surface area contributed by atoms with Gasteiger partial charge in [0.1, 0.15) is 13.1 Å². The first-order chi connectivity index (χ1) is 7.57. The first kappa shape index (κ1) is 29.2. The van der Waals surface area contributed by atoms with Gasteiger partial charge in [0.25, 0.3) is 0 Å². The van der Waals surface area contributed by atoms with Crippen LogP contribution in [0, 0.1) is 0 Å². The fourth-order valence-corrected chi connectivity index (χ4v) is 0. The van der Waals surface area contributed by atoms with Gasteiger partial charge in [-0.3, -0.25) is 19.6 Å². The minimum Gasteiger partial charge on any atom is -0.373 e. The molecule has 14 heteroatoms. The fourth-order valence-electron chi connectivity index (χ4n) is 0. The van der Waals surface area contributed by atoms with Gasteiger partial charge in [-0.15, -0.1) is 0 Å². The summed E-state index contributed by atoms with van der Waals surface area (Å²) in [5, 5.41) is 0. The Morgan fingerprint density at radius 1 is 0.500 bits per heavy atom. The van der Waals surface area contributed by atoms with Crippen LogP contribution >= 0.6 is 0 Å². The molecule has 0 heterocycles. The molecule has 90 valence electrons. The molecule has 0 aromatic heterocycles. The lowest BCUT2D eigenvalue weighted by Crippen LogP contribution is -2.64. The van der Waals surface area contributed by atoms with Crippen molar-refractivity contribution in [3.63, 3.8) is 0 Å². The first-order valence-electron chi connectivity index (χ1n) is 3.10.